The van der Waals surface area contributed by atoms with E-state index in [-0.39, 0.29) is 11.4 Å². The van der Waals surface area contributed by atoms with Crippen molar-refractivity contribution in [3.8, 4) is 0 Å². The Labute approximate surface area is 90.3 Å². The van der Waals surface area contributed by atoms with Gasteiger partial charge in [-0.3, -0.25) is 0 Å². The summed E-state index contributed by atoms with van der Waals surface area (Å²) in [7, 11) is 0. The third-order valence-corrected chi connectivity index (χ3v) is 1.89. The zero-order valence-corrected chi connectivity index (χ0v) is 9.54. The molecule has 5 nitrogen and oxygen atoms in total. The Morgan fingerprint density at radius 1 is 1.33 bits per heavy atom. The second-order valence-electron chi connectivity index (χ2n) is 4.80. The summed E-state index contributed by atoms with van der Waals surface area (Å²) in [5.74, 6) is 0.663. The number of nitrogens with one attached hydrogen (secondary N) is 1. The third-order valence-electron chi connectivity index (χ3n) is 1.89. The fraction of sp³-hybridized carbons (Fsp3) is 0.600. The van der Waals surface area contributed by atoms with Gasteiger partial charge in [0, 0.05) is 24.8 Å². The van der Waals surface area contributed by atoms with E-state index < -0.39 is 0 Å². The van der Waals surface area contributed by atoms with Crippen molar-refractivity contribution in [3.63, 3.8) is 0 Å². The van der Waals surface area contributed by atoms with Gasteiger partial charge < -0.3 is 16.8 Å². The van der Waals surface area contributed by atoms with E-state index >= 15 is 0 Å². The summed E-state index contributed by atoms with van der Waals surface area (Å²) in [5, 5.41) is 3.30. The van der Waals surface area contributed by atoms with Gasteiger partial charge in [0.05, 0.1) is 0 Å². The number of anilines is 2. The quantitative estimate of drug-likeness (QED) is 0.684. The van der Waals surface area contributed by atoms with E-state index in [0.29, 0.717) is 12.4 Å². The normalized spacial score (nSPS) is 11.7. The van der Waals surface area contributed by atoms with Gasteiger partial charge in [0.15, 0.2) is 0 Å². The summed E-state index contributed by atoms with van der Waals surface area (Å²) in [5.41, 5.74) is 12.2. The SMILES string of the molecule is CC(C)(C)CNCc1cnc(N)nc1N. The van der Waals surface area contributed by atoms with E-state index in [1.54, 1.807) is 6.20 Å². The maximum atomic E-state index is 5.70. The molecule has 0 aliphatic heterocycles. The molecule has 0 saturated heterocycles. The Morgan fingerprint density at radius 3 is 2.53 bits per heavy atom. The molecular formula is C10H19N5. The largest absolute Gasteiger partial charge is 0.383 e. The first kappa shape index (κ1) is 11.7. The summed E-state index contributed by atoms with van der Waals surface area (Å²) in [6, 6.07) is 0. The molecule has 0 amide bonds. The van der Waals surface area contributed by atoms with Gasteiger partial charge in [0.2, 0.25) is 5.95 Å². The second-order valence-corrected chi connectivity index (χ2v) is 4.80. The molecule has 0 aliphatic rings. The Morgan fingerprint density at radius 2 is 2.00 bits per heavy atom. The number of hydrogen-bond acceptors (Lipinski definition) is 5. The predicted octanol–water partition coefficient (Wildman–Crippen LogP) is 0.777. The van der Waals surface area contributed by atoms with Gasteiger partial charge in [-0.25, -0.2) is 4.98 Å². The average molecular weight is 209 g/mol. The number of hydrogen-bond donors (Lipinski definition) is 3. The van der Waals surface area contributed by atoms with E-state index in [2.05, 4.69) is 36.1 Å². The Kier molecular flexibility index (Phi) is 3.47. The topological polar surface area (TPSA) is 89.8 Å². The number of nitrogen functional groups attached to an aromatic ring is 2. The van der Waals surface area contributed by atoms with Crippen LogP contribution in [0.4, 0.5) is 11.8 Å². The van der Waals surface area contributed by atoms with Crippen LogP contribution in [-0.4, -0.2) is 16.5 Å². The third kappa shape index (κ3) is 4.12. The fourth-order valence-corrected chi connectivity index (χ4v) is 1.14. The minimum Gasteiger partial charge on any atom is -0.383 e. The van der Waals surface area contributed by atoms with Crippen molar-refractivity contribution in [1.29, 1.82) is 0 Å². The minimum atomic E-state index is 0.215. The van der Waals surface area contributed by atoms with Gasteiger partial charge >= 0.3 is 0 Å². The summed E-state index contributed by atoms with van der Waals surface area (Å²) in [6.45, 7) is 8.09. The van der Waals surface area contributed by atoms with Crippen LogP contribution in [-0.2, 0) is 6.54 Å². The van der Waals surface area contributed by atoms with Gasteiger partial charge in [0.1, 0.15) is 5.82 Å². The maximum absolute atomic E-state index is 5.70. The molecule has 0 spiro atoms. The maximum Gasteiger partial charge on any atom is 0.221 e. The molecule has 1 aromatic rings. The van der Waals surface area contributed by atoms with Crippen LogP contribution in [0.1, 0.15) is 26.3 Å². The van der Waals surface area contributed by atoms with Crippen LogP contribution >= 0.6 is 0 Å². The molecule has 15 heavy (non-hydrogen) atoms. The molecule has 0 atom stereocenters. The van der Waals surface area contributed by atoms with Crippen molar-refractivity contribution in [2.75, 3.05) is 18.0 Å². The lowest BCUT2D eigenvalue weighted by Crippen LogP contribution is -2.27. The second kappa shape index (κ2) is 4.44. The van der Waals surface area contributed by atoms with Crippen LogP contribution in [0, 0.1) is 5.41 Å². The molecule has 1 rings (SSSR count). The molecule has 0 fully saturated rings. The van der Waals surface area contributed by atoms with Crippen molar-refractivity contribution >= 4 is 11.8 Å². The van der Waals surface area contributed by atoms with Crippen molar-refractivity contribution < 1.29 is 0 Å². The van der Waals surface area contributed by atoms with Crippen LogP contribution in [0.15, 0.2) is 6.20 Å². The molecule has 5 N–H and O–H groups in total. The number of rotatable bonds is 3. The zero-order chi connectivity index (χ0) is 11.5. The van der Waals surface area contributed by atoms with E-state index in [1.165, 1.54) is 0 Å². The van der Waals surface area contributed by atoms with Crippen molar-refractivity contribution in [2.24, 2.45) is 5.41 Å². The van der Waals surface area contributed by atoms with Crippen LogP contribution in [0.5, 0.6) is 0 Å². The first-order chi connectivity index (χ1) is 6.88. The van der Waals surface area contributed by atoms with E-state index in [9.17, 15) is 0 Å². The molecule has 0 radical (unpaired) electrons. The van der Waals surface area contributed by atoms with Gasteiger partial charge in [-0.05, 0) is 5.41 Å². The molecule has 0 bridgehead atoms. The lowest BCUT2D eigenvalue weighted by Gasteiger charge is -2.18. The van der Waals surface area contributed by atoms with Crippen LogP contribution in [0.3, 0.4) is 0 Å². The first-order valence-electron chi connectivity index (χ1n) is 4.96. The van der Waals surface area contributed by atoms with Crippen molar-refractivity contribution in [2.45, 2.75) is 27.3 Å². The van der Waals surface area contributed by atoms with E-state index in [1.807, 2.05) is 0 Å². The molecule has 0 aliphatic carbocycles. The van der Waals surface area contributed by atoms with Crippen LogP contribution in [0.2, 0.25) is 0 Å². The smallest absolute Gasteiger partial charge is 0.221 e. The standard InChI is InChI=1S/C10H19N5/c1-10(2,3)6-13-4-7-5-14-9(12)15-8(7)11/h5,13H,4,6H2,1-3H3,(H4,11,12,14,15). The van der Waals surface area contributed by atoms with Gasteiger partial charge in [-0.15, -0.1) is 0 Å². The molecular weight excluding hydrogens is 190 g/mol. The average Bonchev–Trinajstić information content (AvgIpc) is 2.07. The molecule has 0 aromatic carbocycles. The Hall–Kier alpha value is -1.36. The fourth-order valence-electron chi connectivity index (χ4n) is 1.14. The van der Waals surface area contributed by atoms with Gasteiger partial charge in [-0.1, -0.05) is 20.8 Å². The first-order valence-corrected chi connectivity index (χ1v) is 4.96. The summed E-state index contributed by atoms with van der Waals surface area (Å²) in [6.07, 6.45) is 1.66. The van der Waals surface area contributed by atoms with E-state index in [0.717, 1.165) is 12.1 Å². The minimum absolute atomic E-state index is 0.215. The highest BCUT2D eigenvalue weighted by Crippen LogP contribution is 2.12. The van der Waals surface area contributed by atoms with Gasteiger partial charge in [-0.2, -0.15) is 4.98 Å². The number of aromatic nitrogens is 2. The number of nitrogens with two attached hydrogens (primary N) is 2. The summed E-state index contributed by atoms with van der Waals surface area (Å²) >= 11 is 0. The monoisotopic (exact) mass is 209 g/mol. The molecule has 0 unspecified atom stereocenters. The summed E-state index contributed by atoms with van der Waals surface area (Å²) in [4.78, 5) is 7.79. The van der Waals surface area contributed by atoms with Gasteiger partial charge in [0.25, 0.3) is 0 Å². The molecule has 5 heteroatoms. The van der Waals surface area contributed by atoms with Crippen molar-refractivity contribution in [3.05, 3.63) is 11.8 Å². The zero-order valence-electron chi connectivity index (χ0n) is 9.54. The molecule has 1 aromatic heterocycles. The highest BCUT2D eigenvalue weighted by molar-refractivity contribution is 5.41. The Balaban J connectivity index is 2.51. The summed E-state index contributed by atoms with van der Waals surface area (Å²) < 4.78 is 0. The Bertz CT molecular complexity index is 329. The van der Waals surface area contributed by atoms with Crippen molar-refractivity contribution in [1.82, 2.24) is 15.3 Å². The van der Waals surface area contributed by atoms with Crippen LogP contribution < -0.4 is 16.8 Å². The predicted molar refractivity (Wildman–Crippen MR) is 62.0 cm³/mol. The lowest BCUT2D eigenvalue weighted by molar-refractivity contribution is 0.379. The van der Waals surface area contributed by atoms with Crippen LogP contribution in [0.25, 0.3) is 0 Å². The highest BCUT2D eigenvalue weighted by atomic mass is 15.0. The van der Waals surface area contributed by atoms with E-state index in [4.69, 9.17) is 11.5 Å². The molecule has 84 valence electrons. The lowest BCUT2D eigenvalue weighted by atomic mass is 9.97. The molecule has 0 saturated carbocycles. The highest BCUT2D eigenvalue weighted by Gasteiger charge is 2.09. The number of nitrogens with zero attached hydrogens (tertiary/aromatic N) is 2. The molecule has 1 heterocycles.